The second kappa shape index (κ2) is 5.96. The zero-order valence-electron chi connectivity index (χ0n) is 10.6. The standard InChI is InChI=1S/C10H17N3O4S/c1-4-17-10(14)5-6-13(3)18(15,16)9-7-11-8(2)12-9/h7H,4-6H2,1-3H3,(H,11,12). The number of esters is 1. The maximum absolute atomic E-state index is 12.0. The van der Waals surface area contributed by atoms with E-state index in [1.54, 1.807) is 13.8 Å². The van der Waals surface area contributed by atoms with E-state index in [4.69, 9.17) is 4.74 Å². The Morgan fingerprint density at radius 2 is 2.22 bits per heavy atom. The number of H-pyrrole nitrogens is 1. The maximum Gasteiger partial charge on any atom is 0.307 e. The molecule has 0 atom stereocenters. The van der Waals surface area contributed by atoms with Gasteiger partial charge in [0.25, 0.3) is 10.0 Å². The first kappa shape index (κ1) is 14.7. The summed E-state index contributed by atoms with van der Waals surface area (Å²) in [4.78, 5) is 17.6. The molecular formula is C10H17N3O4S. The van der Waals surface area contributed by atoms with E-state index in [-0.39, 0.29) is 24.6 Å². The molecule has 0 radical (unpaired) electrons. The van der Waals surface area contributed by atoms with E-state index in [0.717, 1.165) is 4.31 Å². The third-order valence-electron chi connectivity index (χ3n) is 2.30. The lowest BCUT2D eigenvalue weighted by Crippen LogP contribution is -2.29. The Balaban J connectivity index is 2.66. The number of imidazole rings is 1. The van der Waals surface area contributed by atoms with Crippen LogP contribution in [0.4, 0.5) is 0 Å². The van der Waals surface area contributed by atoms with Gasteiger partial charge in [-0.05, 0) is 13.8 Å². The highest BCUT2D eigenvalue weighted by Crippen LogP contribution is 2.11. The van der Waals surface area contributed by atoms with E-state index >= 15 is 0 Å². The van der Waals surface area contributed by atoms with Crippen LogP contribution < -0.4 is 0 Å². The minimum absolute atomic E-state index is 0.0198. The number of ether oxygens (including phenoxy) is 1. The zero-order chi connectivity index (χ0) is 13.8. The van der Waals surface area contributed by atoms with E-state index in [9.17, 15) is 13.2 Å². The molecular weight excluding hydrogens is 258 g/mol. The van der Waals surface area contributed by atoms with Gasteiger partial charge in [-0.25, -0.2) is 13.4 Å². The number of nitrogens with zero attached hydrogens (tertiary/aromatic N) is 2. The molecule has 1 heterocycles. The number of aryl methyl sites for hydroxylation is 1. The molecule has 0 saturated carbocycles. The molecule has 0 aliphatic rings. The predicted octanol–water partition coefficient (Wildman–Crippen LogP) is 0.292. The van der Waals surface area contributed by atoms with Crippen LogP contribution in [0.2, 0.25) is 0 Å². The fraction of sp³-hybridized carbons (Fsp3) is 0.600. The molecule has 8 heteroatoms. The van der Waals surface area contributed by atoms with Gasteiger partial charge in [0.05, 0.1) is 19.2 Å². The van der Waals surface area contributed by atoms with Crippen molar-refractivity contribution in [2.24, 2.45) is 0 Å². The lowest BCUT2D eigenvalue weighted by Gasteiger charge is -2.15. The SMILES string of the molecule is CCOC(=O)CCN(C)S(=O)(=O)c1cnc(C)[nH]1. The third kappa shape index (κ3) is 3.54. The van der Waals surface area contributed by atoms with Crippen molar-refractivity contribution in [3.8, 4) is 0 Å². The predicted molar refractivity (Wildman–Crippen MR) is 64.4 cm³/mol. The number of carbonyl (C=O) groups excluding carboxylic acids is 1. The second-order valence-corrected chi connectivity index (χ2v) is 5.73. The summed E-state index contributed by atoms with van der Waals surface area (Å²) in [6.07, 6.45) is 1.28. The van der Waals surface area contributed by atoms with E-state index < -0.39 is 16.0 Å². The second-order valence-electron chi connectivity index (χ2n) is 3.71. The molecule has 1 N–H and O–H groups in total. The molecule has 0 aliphatic carbocycles. The van der Waals surface area contributed by atoms with Crippen LogP contribution in [0, 0.1) is 6.92 Å². The number of sulfonamides is 1. The van der Waals surface area contributed by atoms with Gasteiger partial charge < -0.3 is 9.72 Å². The summed E-state index contributed by atoms with van der Waals surface area (Å²) in [7, 11) is -2.21. The molecule has 0 unspecified atom stereocenters. The smallest absolute Gasteiger partial charge is 0.307 e. The Labute approximate surface area is 106 Å². The Bertz CT molecular complexity index is 509. The lowest BCUT2D eigenvalue weighted by atomic mass is 10.4. The summed E-state index contributed by atoms with van der Waals surface area (Å²) < 4.78 is 29.9. The van der Waals surface area contributed by atoms with Crippen molar-refractivity contribution >= 4 is 16.0 Å². The highest BCUT2D eigenvalue weighted by atomic mass is 32.2. The zero-order valence-corrected chi connectivity index (χ0v) is 11.5. The summed E-state index contributed by atoms with van der Waals surface area (Å²) in [6, 6.07) is 0. The van der Waals surface area contributed by atoms with Crippen LogP contribution in [0.5, 0.6) is 0 Å². The van der Waals surface area contributed by atoms with Crippen LogP contribution in [0.25, 0.3) is 0 Å². The summed E-state index contributed by atoms with van der Waals surface area (Å²) >= 11 is 0. The summed E-state index contributed by atoms with van der Waals surface area (Å²) in [5.41, 5.74) is 0. The third-order valence-corrected chi connectivity index (χ3v) is 4.07. The Morgan fingerprint density at radius 1 is 1.56 bits per heavy atom. The van der Waals surface area contributed by atoms with Gasteiger partial charge in [-0.15, -0.1) is 0 Å². The highest BCUT2D eigenvalue weighted by molar-refractivity contribution is 7.89. The molecule has 0 fully saturated rings. The van der Waals surface area contributed by atoms with Gasteiger partial charge >= 0.3 is 5.97 Å². The molecule has 1 aromatic rings. The first-order valence-corrected chi connectivity index (χ1v) is 6.95. The minimum Gasteiger partial charge on any atom is -0.466 e. The van der Waals surface area contributed by atoms with Crippen molar-refractivity contribution in [2.75, 3.05) is 20.2 Å². The Morgan fingerprint density at radius 3 is 2.72 bits per heavy atom. The largest absolute Gasteiger partial charge is 0.466 e. The van der Waals surface area contributed by atoms with Gasteiger partial charge in [0.1, 0.15) is 5.82 Å². The quantitative estimate of drug-likeness (QED) is 0.753. The normalized spacial score (nSPS) is 11.8. The Hall–Kier alpha value is -1.41. The monoisotopic (exact) mass is 275 g/mol. The molecule has 0 aliphatic heterocycles. The van der Waals surface area contributed by atoms with Crippen molar-refractivity contribution in [1.29, 1.82) is 0 Å². The number of hydrogen-bond acceptors (Lipinski definition) is 5. The van der Waals surface area contributed by atoms with Crippen LogP contribution in [-0.2, 0) is 19.6 Å². The topological polar surface area (TPSA) is 92.4 Å². The fourth-order valence-corrected chi connectivity index (χ4v) is 2.43. The maximum atomic E-state index is 12.0. The molecule has 0 amide bonds. The lowest BCUT2D eigenvalue weighted by molar-refractivity contribution is -0.143. The van der Waals surface area contributed by atoms with Crippen molar-refractivity contribution in [1.82, 2.24) is 14.3 Å². The van der Waals surface area contributed by atoms with Crippen molar-refractivity contribution in [3.05, 3.63) is 12.0 Å². The van der Waals surface area contributed by atoms with E-state index in [1.165, 1.54) is 13.2 Å². The number of hydrogen-bond donors (Lipinski definition) is 1. The van der Waals surface area contributed by atoms with E-state index in [2.05, 4.69) is 9.97 Å². The molecule has 0 aromatic carbocycles. The molecule has 0 saturated heterocycles. The molecule has 0 bridgehead atoms. The summed E-state index contributed by atoms with van der Waals surface area (Å²) in [5, 5.41) is 0.0198. The fourth-order valence-electron chi connectivity index (χ4n) is 1.30. The molecule has 1 rings (SSSR count). The molecule has 1 aromatic heterocycles. The highest BCUT2D eigenvalue weighted by Gasteiger charge is 2.23. The summed E-state index contributed by atoms with van der Waals surface area (Å²) in [6.45, 7) is 3.72. The van der Waals surface area contributed by atoms with Gasteiger partial charge in [0.15, 0.2) is 5.03 Å². The first-order chi connectivity index (χ1) is 8.37. The van der Waals surface area contributed by atoms with Crippen LogP contribution >= 0.6 is 0 Å². The van der Waals surface area contributed by atoms with E-state index in [1.807, 2.05) is 0 Å². The van der Waals surface area contributed by atoms with Gasteiger partial charge in [-0.1, -0.05) is 0 Å². The van der Waals surface area contributed by atoms with Crippen LogP contribution in [0.1, 0.15) is 19.2 Å². The van der Waals surface area contributed by atoms with Crippen LogP contribution in [0.15, 0.2) is 11.2 Å². The number of nitrogens with one attached hydrogen (secondary N) is 1. The average Bonchev–Trinajstić information content (AvgIpc) is 2.73. The number of carbonyl (C=O) groups is 1. The molecule has 0 spiro atoms. The van der Waals surface area contributed by atoms with Gasteiger partial charge in [-0.2, -0.15) is 4.31 Å². The molecule has 7 nitrogen and oxygen atoms in total. The molecule has 102 valence electrons. The number of aromatic nitrogens is 2. The van der Waals surface area contributed by atoms with E-state index in [0.29, 0.717) is 5.82 Å². The van der Waals surface area contributed by atoms with Gasteiger partial charge in [0.2, 0.25) is 0 Å². The molecule has 18 heavy (non-hydrogen) atoms. The summed E-state index contributed by atoms with van der Waals surface area (Å²) in [5.74, 6) is 0.104. The average molecular weight is 275 g/mol. The van der Waals surface area contributed by atoms with Gasteiger partial charge in [0, 0.05) is 13.6 Å². The van der Waals surface area contributed by atoms with Crippen LogP contribution in [0.3, 0.4) is 0 Å². The Kier molecular flexibility index (Phi) is 4.85. The number of aromatic amines is 1. The van der Waals surface area contributed by atoms with Crippen molar-refractivity contribution in [2.45, 2.75) is 25.3 Å². The van der Waals surface area contributed by atoms with Crippen LogP contribution in [-0.4, -0.2) is 48.9 Å². The number of rotatable bonds is 6. The first-order valence-electron chi connectivity index (χ1n) is 5.51. The minimum atomic E-state index is -3.62. The van der Waals surface area contributed by atoms with Crippen molar-refractivity contribution < 1.29 is 17.9 Å². The van der Waals surface area contributed by atoms with Gasteiger partial charge in [-0.3, -0.25) is 4.79 Å². The van der Waals surface area contributed by atoms with Crippen molar-refractivity contribution in [3.63, 3.8) is 0 Å².